The number of rotatable bonds is 35. The largest absolute Gasteiger partial charge is 0.480 e. The second kappa shape index (κ2) is 34.2. The van der Waals surface area contributed by atoms with Crippen LogP contribution < -0.4 is 70.4 Å². The summed E-state index contributed by atoms with van der Waals surface area (Å²) in [5.41, 5.74) is 16.1. The summed E-state index contributed by atoms with van der Waals surface area (Å²) in [5, 5.41) is 43.0. The van der Waals surface area contributed by atoms with Gasteiger partial charge in [-0.2, -0.15) is 12.6 Å². The minimum atomic E-state index is -1.66. The molecular weight excluding hydrogens is 955 g/mol. The Hall–Kier alpha value is -6.13. The molecule has 0 spiro atoms. The van der Waals surface area contributed by atoms with Crippen molar-refractivity contribution in [1.82, 2.24) is 53.2 Å². The number of aliphatic hydroxyl groups excluding tert-OH is 1. The summed E-state index contributed by atoms with van der Waals surface area (Å²) < 4.78 is 0. The van der Waals surface area contributed by atoms with Crippen molar-refractivity contribution in [3.63, 3.8) is 0 Å². The van der Waals surface area contributed by atoms with E-state index in [2.05, 4.69) is 65.8 Å². The molecule has 0 aromatic rings. The quantitative estimate of drug-likeness (QED) is 0.0208. The van der Waals surface area contributed by atoms with E-state index < -0.39 is 164 Å². The molecule has 10 atom stereocenters. The van der Waals surface area contributed by atoms with Gasteiger partial charge in [-0.15, -0.1) is 0 Å². The van der Waals surface area contributed by atoms with Crippen molar-refractivity contribution >= 4 is 83.6 Å². The van der Waals surface area contributed by atoms with Gasteiger partial charge in [0.15, 0.2) is 0 Å². The number of hydrogen-bond acceptors (Lipinski definition) is 16. The van der Waals surface area contributed by atoms with Crippen LogP contribution in [0.15, 0.2) is 0 Å². The SMILES string of the molecule is CC[C@H](C)[C@H](NC(=O)[C@H](C)NC(=O)CNC(=O)[C@H](CCCCN)NC(=O)[C@H](CC(N)=O)NC(=O)[C@H](CO)NC(=O)CN)C(=O)N[C@H](C(=O)NCC(=O)N[C@@H](CC(C)C)C(=O)N[C@@H](CS)C(=O)O)[C@@H](C)CC. The molecule has 0 radical (unpaired) electrons. The zero-order valence-corrected chi connectivity index (χ0v) is 42.4. The molecule has 0 fully saturated rings. The lowest BCUT2D eigenvalue weighted by atomic mass is 9.94. The highest BCUT2D eigenvalue weighted by molar-refractivity contribution is 7.80. The van der Waals surface area contributed by atoms with Crippen LogP contribution in [0.2, 0.25) is 0 Å². The molecular formula is C43H77N13O14S. The summed E-state index contributed by atoms with van der Waals surface area (Å²) in [6.45, 7) is 9.29. The Morgan fingerprint density at radius 3 is 1.51 bits per heavy atom. The Labute approximate surface area is 418 Å². The summed E-state index contributed by atoms with van der Waals surface area (Å²) in [7, 11) is 0. The highest BCUT2D eigenvalue weighted by atomic mass is 32.1. The molecule has 0 aromatic carbocycles. The molecule has 0 aliphatic carbocycles. The smallest absolute Gasteiger partial charge is 0.327 e. The third kappa shape index (κ3) is 25.0. The number of carbonyl (C=O) groups is 12. The summed E-state index contributed by atoms with van der Waals surface area (Å²) in [6, 6.07) is -10.7. The highest BCUT2D eigenvalue weighted by Crippen LogP contribution is 2.13. The Morgan fingerprint density at radius 2 is 1.01 bits per heavy atom. The Morgan fingerprint density at radius 1 is 0.535 bits per heavy atom. The van der Waals surface area contributed by atoms with Crippen molar-refractivity contribution in [2.75, 3.05) is 38.5 Å². The number of carboxylic acid groups (broad SMARTS) is 1. The van der Waals surface area contributed by atoms with Crippen LogP contribution in [-0.2, 0) is 57.5 Å². The lowest BCUT2D eigenvalue weighted by Gasteiger charge is -2.29. The third-order valence-electron chi connectivity index (χ3n) is 11.0. The molecule has 71 heavy (non-hydrogen) atoms. The Bertz CT molecular complexity index is 1840. The molecule has 404 valence electrons. The number of hydrogen-bond donors (Lipinski definition) is 16. The van der Waals surface area contributed by atoms with Crippen LogP contribution in [-0.4, -0.2) is 168 Å². The van der Waals surface area contributed by atoms with Gasteiger partial charge in [-0.05, 0) is 56.9 Å². The number of nitrogens with one attached hydrogen (secondary N) is 10. The first kappa shape index (κ1) is 64.9. The lowest BCUT2D eigenvalue weighted by Crippen LogP contribution is -2.60. The van der Waals surface area contributed by atoms with E-state index in [1.807, 2.05) is 0 Å². The number of aliphatic carboxylic acids is 1. The van der Waals surface area contributed by atoms with Gasteiger partial charge >= 0.3 is 5.97 Å². The summed E-state index contributed by atoms with van der Waals surface area (Å²) in [6.07, 6.45) is 0.909. The van der Waals surface area contributed by atoms with Crippen molar-refractivity contribution in [2.45, 2.75) is 142 Å². The molecule has 0 aromatic heterocycles. The Balaban J connectivity index is 5.88. The minimum absolute atomic E-state index is 0.0136. The molecule has 0 saturated heterocycles. The number of unbranched alkanes of at least 4 members (excludes halogenated alkanes) is 1. The zero-order valence-electron chi connectivity index (χ0n) is 41.5. The molecule has 0 bridgehead atoms. The number of amides is 11. The standard InChI is InChI=1S/C43H77N13O14S/c1-8-22(5)34(41(67)48-18-33(61)50-26(14-21(3)4)38(64)54-29(20-71)43(69)70)56-42(68)35(23(6)9-2)55-36(62)24(7)49-32(60)17-47-37(63)25(12-10-11-13-44)52-39(65)27(15-30(46)58)53-40(66)28(19-57)51-31(59)16-45/h21-29,34-35,57,71H,8-20,44-45H2,1-7H3,(H2,46,58)(H,47,63)(H,48,67)(H,49,60)(H,50,61)(H,51,59)(H,52,65)(H,53,66)(H,54,64)(H,55,62)(H,56,68)(H,69,70)/t22-,23-,24-,25-,26-,27-,28-,29-,34-,35-/m0/s1. The lowest BCUT2D eigenvalue weighted by molar-refractivity contribution is -0.141. The number of thiol groups is 1. The number of carbonyl (C=O) groups excluding carboxylic acids is 11. The Kier molecular flexibility index (Phi) is 31.3. The molecule has 0 unspecified atom stereocenters. The highest BCUT2D eigenvalue weighted by Gasteiger charge is 2.35. The van der Waals surface area contributed by atoms with E-state index >= 15 is 0 Å². The zero-order chi connectivity index (χ0) is 54.5. The van der Waals surface area contributed by atoms with Crippen molar-refractivity contribution in [3.8, 4) is 0 Å². The fraction of sp³-hybridized carbons (Fsp3) is 0.721. The molecule has 0 heterocycles. The number of nitrogens with two attached hydrogens (primary N) is 3. The van der Waals surface area contributed by atoms with Gasteiger partial charge in [0.1, 0.15) is 48.3 Å². The fourth-order valence-corrected chi connectivity index (χ4v) is 6.67. The fourth-order valence-electron chi connectivity index (χ4n) is 6.42. The third-order valence-corrected chi connectivity index (χ3v) is 11.4. The molecule has 0 aliphatic rings. The van der Waals surface area contributed by atoms with E-state index in [0.717, 1.165) is 0 Å². The second-order valence-corrected chi connectivity index (χ2v) is 17.7. The van der Waals surface area contributed by atoms with Crippen molar-refractivity contribution < 1.29 is 67.7 Å². The van der Waals surface area contributed by atoms with Gasteiger partial charge in [0.2, 0.25) is 65.0 Å². The predicted octanol–water partition coefficient (Wildman–Crippen LogP) is -5.77. The van der Waals surface area contributed by atoms with E-state index in [-0.39, 0.29) is 31.1 Å². The maximum absolute atomic E-state index is 13.8. The average molecular weight is 1030 g/mol. The molecule has 28 heteroatoms. The summed E-state index contributed by atoms with van der Waals surface area (Å²) >= 11 is 3.94. The van der Waals surface area contributed by atoms with Gasteiger partial charge in [-0.25, -0.2) is 4.79 Å². The van der Waals surface area contributed by atoms with Gasteiger partial charge in [0.25, 0.3) is 0 Å². The number of primary amides is 1. The van der Waals surface area contributed by atoms with E-state index in [1.165, 1.54) is 6.92 Å². The van der Waals surface area contributed by atoms with E-state index in [4.69, 9.17) is 17.2 Å². The normalized spacial score (nSPS) is 15.2. The maximum Gasteiger partial charge on any atom is 0.327 e. The molecule has 18 N–H and O–H groups in total. The average Bonchev–Trinajstić information content (AvgIpc) is 3.31. The van der Waals surface area contributed by atoms with Gasteiger partial charge in [0.05, 0.1) is 32.7 Å². The first-order valence-electron chi connectivity index (χ1n) is 23.4. The molecule has 11 amide bonds. The van der Waals surface area contributed by atoms with Crippen LogP contribution in [0.25, 0.3) is 0 Å². The van der Waals surface area contributed by atoms with Gasteiger partial charge in [-0.3, -0.25) is 52.7 Å². The maximum atomic E-state index is 13.8. The van der Waals surface area contributed by atoms with E-state index in [0.29, 0.717) is 25.7 Å². The van der Waals surface area contributed by atoms with Crippen LogP contribution in [0.4, 0.5) is 0 Å². The van der Waals surface area contributed by atoms with Gasteiger partial charge in [-0.1, -0.05) is 54.4 Å². The van der Waals surface area contributed by atoms with Crippen LogP contribution in [0.3, 0.4) is 0 Å². The first-order chi connectivity index (χ1) is 33.3. The first-order valence-corrected chi connectivity index (χ1v) is 24.0. The van der Waals surface area contributed by atoms with Crippen LogP contribution in [0.5, 0.6) is 0 Å². The molecule has 27 nitrogen and oxygen atoms in total. The van der Waals surface area contributed by atoms with Crippen molar-refractivity contribution in [3.05, 3.63) is 0 Å². The minimum Gasteiger partial charge on any atom is -0.480 e. The number of carboxylic acids is 1. The summed E-state index contributed by atoms with van der Waals surface area (Å²) in [5.74, 6) is -12.1. The summed E-state index contributed by atoms with van der Waals surface area (Å²) in [4.78, 5) is 154. The van der Waals surface area contributed by atoms with Crippen LogP contribution in [0.1, 0.15) is 93.4 Å². The van der Waals surface area contributed by atoms with E-state index in [1.54, 1.807) is 41.5 Å². The van der Waals surface area contributed by atoms with Crippen molar-refractivity contribution in [1.29, 1.82) is 0 Å². The second-order valence-electron chi connectivity index (χ2n) is 17.4. The van der Waals surface area contributed by atoms with Gasteiger partial charge in [0, 0.05) is 5.75 Å². The van der Waals surface area contributed by atoms with Crippen LogP contribution in [0, 0.1) is 17.8 Å². The van der Waals surface area contributed by atoms with Crippen molar-refractivity contribution in [2.24, 2.45) is 35.0 Å². The van der Waals surface area contributed by atoms with Crippen LogP contribution >= 0.6 is 12.6 Å². The topological polar surface area (TPSA) is 444 Å². The monoisotopic (exact) mass is 1030 g/mol. The molecule has 0 aliphatic heterocycles. The molecule has 0 rings (SSSR count). The van der Waals surface area contributed by atoms with E-state index in [9.17, 15) is 67.7 Å². The number of aliphatic hydroxyl groups is 1. The van der Waals surface area contributed by atoms with Gasteiger partial charge < -0.3 is 80.6 Å². The predicted molar refractivity (Wildman–Crippen MR) is 260 cm³/mol. The molecule has 0 saturated carbocycles.